The Balaban J connectivity index is 2.51. The fraction of sp³-hybridized carbons (Fsp3) is 0.385. The Labute approximate surface area is 126 Å². The highest BCUT2D eigenvalue weighted by Gasteiger charge is 2.23. The predicted octanol–water partition coefficient (Wildman–Crippen LogP) is 3.41. The van der Waals surface area contributed by atoms with E-state index in [1.165, 1.54) is 0 Å². The van der Waals surface area contributed by atoms with Crippen molar-refractivity contribution in [3.05, 3.63) is 45.4 Å². The molecule has 1 atom stereocenters. The molecule has 0 bridgehead atoms. The van der Waals surface area contributed by atoms with Gasteiger partial charge in [-0.25, -0.2) is 0 Å². The molecule has 102 valence electrons. The first-order valence-corrected chi connectivity index (χ1v) is 7.41. The molecule has 2 aromatic heterocycles. The zero-order valence-corrected chi connectivity index (χ0v) is 13.2. The quantitative estimate of drug-likeness (QED) is 0.904. The molecule has 0 fully saturated rings. The van der Waals surface area contributed by atoms with E-state index >= 15 is 0 Å². The average Bonchev–Trinajstić information content (AvgIpc) is 2.78. The zero-order chi connectivity index (χ0) is 13.8. The SMILES string of the molecule is CCNC(c1ncccc1Br)c1c(Cl)cnn1CC. The van der Waals surface area contributed by atoms with E-state index in [4.69, 9.17) is 11.6 Å². The number of hydrogen-bond donors (Lipinski definition) is 1. The number of rotatable bonds is 5. The molecular weight excluding hydrogens is 328 g/mol. The summed E-state index contributed by atoms with van der Waals surface area (Å²) in [6.45, 7) is 5.70. The Kier molecular flexibility index (Phi) is 4.96. The van der Waals surface area contributed by atoms with Crippen LogP contribution in [0.5, 0.6) is 0 Å². The molecule has 2 rings (SSSR count). The van der Waals surface area contributed by atoms with Gasteiger partial charge in [0.05, 0.1) is 28.6 Å². The minimum Gasteiger partial charge on any atom is -0.304 e. The first-order valence-electron chi connectivity index (χ1n) is 6.24. The third kappa shape index (κ3) is 2.99. The van der Waals surface area contributed by atoms with Crippen molar-refractivity contribution in [3.8, 4) is 0 Å². The molecule has 0 aliphatic carbocycles. The zero-order valence-electron chi connectivity index (χ0n) is 10.9. The van der Waals surface area contributed by atoms with Crippen molar-refractivity contribution in [2.24, 2.45) is 0 Å². The topological polar surface area (TPSA) is 42.7 Å². The van der Waals surface area contributed by atoms with Gasteiger partial charge in [0.1, 0.15) is 0 Å². The molecule has 0 saturated carbocycles. The Morgan fingerprint density at radius 3 is 2.89 bits per heavy atom. The smallest absolute Gasteiger partial charge is 0.0948 e. The van der Waals surface area contributed by atoms with Crippen LogP contribution in [0.1, 0.15) is 31.3 Å². The van der Waals surface area contributed by atoms with Crippen LogP contribution in [0.25, 0.3) is 0 Å². The van der Waals surface area contributed by atoms with Gasteiger partial charge >= 0.3 is 0 Å². The Bertz CT molecular complexity index is 555. The highest BCUT2D eigenvalue weighted by molar-refractivity contribution is 9.10. The molecule has 2 heterocycles. The summed E-state index contributed by atoms with van der Waals surface area (Å²) >= 11 is 9.84. The lowest BCUT2D eigenvalue weighted by atomic mass is 10.1. The molecule has 4 nitrogen and oxygen atoms in total. The second-order valence-corrected chi connectivity index (χ2v) is 5.32. The van der Waals surface area contributed by atoms with Gasteiger partial charge in [-0.3, -0.25) is 9.67 Å². The summed E-state index contributed by atoms with van der Waals surface area (Å²) < 4.78 is 2.86. The van der Waals surface area contributed by atoms with Crippen LogP contribution in [0.2, 0.25) is 5.02 Å². The van der Waals surface area contributed by atoms with Gasteiger partial charge < -0.3 is 5.32 Å². The summed E-state index contributed by atoms with van der Waals surface area (Å²) in [6, 6.07) is 3.80. The van der Waals surface area contributed by atoms with Crippen LogP contribution in [0, 0.1) is 0 Å². The summed E-state index contributed by atoms with van der Waals surface area (Å²) in [6.07, 6.45) is 3.46. The molecule has 0 saturated heterocycles. The predicted molar refractivity (Wildman–Crippen MR) is 80.4 cm³/mol. The van der Waals surface area contributed by atoms with Gasteiger partial charge in [-0.05, 0) is 41.5 Å². The van der Waals surface area contributed by atoms with E-state index in [0.717, 1.165) is 29.0 Å². The molecule has 0 amide bonds. The van der Waals surface area contributed by atoms with E-state index in [1.807, 2.05) is 23.7 Å². The van der Waals surface area contributed by atoms with Crippen LogP contribution in [-0.2, 0) is 6.54 Å². The lowest BCUT2D eigenvalue weighted by molar-refractivity contribution is 0.533. The van der Waals surface area contributed by atoms with E-state index in [2.05, 4.69) is 38.3 Å². The number of nitrogens with one attached hydrogen (secondary N) is 1. The number of pyridine rings is 1. The number of aromatic nitrogens is 3. The minimum atomic E-state index is -0.0736. The van der Waals surface area contributed by atoms with Crippen molar-refractivity contribution in [2.75, 3.05) is 6.54 Å². The third-order valence-electron chi connectivity index (χ3n) is 2.87. The molecule has 6 heteroatoms. The Morgan fingerprint density at radius 1 is 1.47 bits per heavy atom. The number of aryl methyl sites for hydroxylation is 1. The van der Waals surface area contributed by atoms with E-state index in [0.29, 0.717) is 5.02 Å². The van der Waals surface area contributed by atoms with Crippen molar-refractivity contribution >= 4 is 27.5 Å². The number of nitrogens with zero attached hydrogens (tertiary/aromatic N) is 3. The fourth-order valence-corrected chi connectivity index (χ4v) is 2.78. The molecule has 0 aliphatic rings. The molecule has 0 spiro atoms. The van der Waals surface area contributed by atoms with Gasteiger partial charge in [0.2, 0.25) is 0 Å². The lowest BCUT2D eigenvalue weighted by Gasteiger charge is -2.20. The number of halogens is 2. The summed E-state index contributed by atoms with van der Waals surface area (Å²) in [4.78, 5) is 4.46. The molecule has 19 heavy (non-hydrogen) atoms. The molecule has 0 aromatic carbocycles. The second-order valence-electron chi connectivity index (χ2n) is 4.05. The maximum Gasteiger partial charge on any atom is 0.0948 e. The first-order chi connectivity index (χ1) is 9.19. The van der Waals surface area contributed by atoms with Crippen LogP contribution >= 0.6 is 27.5 Å². The van der Waals surface area contributed by atoms with Crippen molar-refractivity contribution in [3.63, 3.8) is 0 Å². The van der Waals surface area contributed by atoms with Gasteiger partial charge in [0, 0.05) is 17.2 Å². The molecule has 1 unspecified atom stereocenters. The second kappa shape index (κ2) is 6.50. The normalized spacial score (nSPS) is 12.6. The van der Waals surface area contributed by atoms with E-state index < -0.39 is 0 Å². The average molecular weight is 344 g/mol. The standard InChI is InChI=1S/C13H16BrClN4/c1-3-16-12(11-9(14)6-5-7-17-11)13-10(15)8-18-19(13)4-2/h5-8,12,16H,3-4H2,1-2H3. The van der Waals surface area contributed by atoms with Crippen LogP contribution in [0.4, 0.5) is 0 Å². The summed E-state index contributed by atoms with van der Waals surface area (Å²) in [5.41, 5.74) is 1.87. The molecule has 2 aromatic rings. The monoisotopic (exact) mass is 342 g/mol. The fourth-order valence-electron chi connectivity index (χ4n) is 2.05. The summed E-state index contributed by atoms with van der Waals surface area (Å²) in [7, 11) is 0. The summed E-state index contributed by atoms with van der Waals surface area (Å²) in [5, 5.41) is 8.37. The maximum atomic E-state index is 6.29. The van der Waals surface area contributed by atoms with Gasteiger partial charge in [-0.15, -0.1) is 0 Å². The molecular formula is C13H16BrClN4. The van der Waals surface area contributed by atoms with Crippen molar-refractivity contribution in [2.45, 2.75) is 26.4 Å². The Morgan fingerprint density at radius 2 is 2.26 bits per heavy atom. The largest absolute Gasteiger partial charge is 0.304 e. The van der Waals surface area contributed by atoms with Gasteiger partial charge in [-0.1, -0.05) is 18.5 Å². The van der Waals surface area contributed by atoms with Crippen LogP contribution in [0.3, 0.4) is 0 Å². The van der Waals surface area contributed by atoms with Crippen LogP contribution in [0.15, 0.2) is 29.0 Å². The molecule has 1 N–H and O–H groups in total. The van der Waals surface area contributed by atoms with Crippen molar-refractivity contribution < 1.29 is 0 Å². The maximum absolute atomic E-state index is 6.29. The third-order valence-corrected chi connectivity index (χ3v) is 3.84. The first kappa shape index (κ1) is 14.5. The summed E-state index contributed by atoms with van der Waals surface area (Å²) in [5.74, 6) is 0. The highest BCUT2D eigenvalue weighted by atomic mass is 79.9. The Hall–Kier alpha value is -0.910. The minimum absolute atomic E-state index is 0.0736. The van der Waals surface area contributed by atoms with Crippen molar-refractivity contribution in [1.82, 2.24) is 20.1 Å². The molecule has 0 aliphatic heterocycles. The van der Waals surface area contributed by atoms with Gasteiger partial charge in [-0.2, -0.15) is 5.10 Å². The van der Waals surface area contributed by atoms with E-state index in [-0.39, 0.29) is 6.04 Å². The molecule has 0 radical (unpaired) electrons. The van der Waals surface area contributed by atoms with E-state index in [9.17, 15) is 0 Å². The number of hydrogen-bond acceptors (Lipinski definition) is 3. The lowest BCUT2D eigenvalue weighted by Crippen LogP contribution is -2.26. The van der Waals surface area contributed by atoms with Crippen LogP contribution < -0.4 is 5.32 Å². The van der Waals surface area contributed by atoms with Crippen molar-refractivity contribution in [1.29, 1.82) is 0 Å². The highest BCUT2D eigenvalue weighted by Crippen LogP contribution is 2.30. The van der Waals surface area contributed by atoms with Gasteiger partial charge in [0.15, 0.2) is 0 Å². The van der Waals surface area contributed by atoms with Gasteiger partial charge in [0.25, 0.3) is 0 Å². The van der Waals surface area contributed by atoms with E-state index in [1.54, 1.807) is 12.4 Å². The van der Waals surface area contributed by atoms with Crippen LogP contribution in [-0.4, -0.2) is 21.3 Å².